The molecule has 1 aliphatic heterocycles. The number of piperazine rings is 1. The fourth-order valence-corrected chi connectivity index (χ4v) is 5.91. The number of benzene rings is 2. The molecule has 0 radical (unpaired) electrons. The lowest BCUT2D eigenvalue weighted by Gasteiger charge is -2.40. The molecule has 4 aromatic rings. The number of thioether (sulfide) groups is 1. The number of ether oxygens (including phenoxy) is 1. The number of hydrogen-bond acceptors (Lipinski definition) is 7. The molecule has 2 aromatic carbocycles. The largest absolute Gasteiger partial charge is 0.497 e. The van der Waals surface area contributed by atoms with Gasteiger partial charge in [0.15, 0.2) is 10.9 Å². The number of carbonyl (C=O) groups excluding carboxylic acids is 2. The van der Waals surface area contributed by atoms with E-state index >= 15 is 0 Å². The Morgan fingerprint density at radius 2 is 1.83 bits per heavy atom. The molecule has 1 unspecified atom stereocenters. The van der Waals surface area contributed by atoms with Gasteiger partial charge < -0.3 is 19.0 Å². The van der Waals surface area contributed by atoms with E-state index in [2.05, 4.69) is 10.2 Å². The number of halogens is 1. The van der Waals surface area contributed by atoms with Gasteiger partial charge in [0.2, 0.25) is 11.7 Å². The van der Waals surface area contributed by atoms with Crippen LogP contribution in [-0.4, -0.2) is 74.9 Å². The van der Waals surface area contributed by atoms with E-state index < -0.39 is 0 Å². The second-order valence-corrected chi connectivity index (χ2v) is 11.3. The molecule has 5 rings (SSSR count). The zero-order valence-electron chi connectivity index (χ0n) is 23.0. The van der Waals surface area contributed by atoms with E-state index in [9.17, 15) is 9.59 Å². The summed E-state index contributed by atoms with van der Waals surface area (Å²) in [5, 5.41) is 10.2. The molecule has 0 spiro atoms. The number of rotatable bonds is 10. The molecule has 0 saturated carbocycles. The molecule has 0 N–H and O–H groups in total. The third kappa shape index (κ3) is 6.77. The van der Waals surface area contributed by atoms with Crippen molar-refractivity contribution in [1.29, 1.82) is 0 Å². The van der Waals surface area contributed by atoms with Crippen LogP contribution in [0.4, 0.5) is 0 Å². The Morgan fingerprint density at radius 1 is 1.05 bits per heavy atom. The molecule has 2 amide bonds. The van der Waals surface area contributed by atoms with Crippen molar-refractivity contribution in [3.8, 4) is 23.0 Å². The van der Waals surface area contributed by atoms with Crippen LogP contribution in [0.5, 0.6) is 5.75 Å². The topological polar surface area (TPSA) is 93.7 Å². The van der Waals surface area contributed by atoms with Gasteiger partial charge in [-0.3, -0.25) is 14.2 Å². The lowest BCUT2D eigenvalue weighted by molar-refractivity contribution is -0.133. The number of methoxy groups -OCH3 is 1. The number of nitrogens with zero attached hydrogens (tertiary/aromatic N) is 5. The van der Waals surface area contributed by atoms with Gasteiger partial charge in [-0.15, -0.1) is 10.2 Å². The highest BCUT2D eigenvalue weighted by atomic mass is 35.5. The summed E-state index contributed by atoms with van der Waals surface area (Å²) < 4.78 is 12.9. The first-order chi connectivity index (χ1) is 19.9. The fourth-order valence-electron chi connectivity index (χ4n) is 4.84. The third-order valence-electron chi connectivity index (χ3n) is 7.05. The number of aromatic nitrogens is 3. The lowest BCUT2D eigenvalue weighted by Crippen LogP contribution is -2.55. The summed E-state index contributed by atoms with van der Waals surface area (Å²) in [6.45, 7) is 3.58. The molecule has 214 valence electrons. The van der Waals surface area contributed by atoms with Crippen molar-refractivity contribution in [3.63, 3.8) is 0 Å². The predicted octanol–water partition coefficient (Wildman–Crippen LogP) is 5.82. The predicted molar refractivity (Wildman–Crippen MR) is 159 cm³/mol. The van der Waals surface area contributed by atoms with Gasteiger partial charge in [0, 0.05) is 48.4 Å². The number of amides is 2. The minimum atomic E-state index is -0.0564. The zero-order chi connectivity index (χ0) is 28.8. The Labute approximate surface area is 248 Å². The Hall–Kier alpha value is -3.76. The molecule has 1 aliphatic rings. The monoisotopic (exact) mass is 593 g/mol. The number of unbranched alkanes of at least 4 members (excludes halogenated alkanes) is 1. The van der Waals surface area contributed by atoms with Crippen LogP contribution in [0, 0.1) is 0 Å². The van der Waals surface area contributed by atoms with Gasteiger partial charge in [-0.2, -0.15) is 0 Å². The zero-order valence-corrected chi connectivity index (χ0v) is 24.6. The standard InChI is InChI=1S/C30H32ClN5O4S/c1-21-20-34(16-17-35(21)29(38)22-8-10-23(31)11-9-22)27(37)7-3-4-19-41-30-33-32-28(26-6-5-18-40-26)36(30)24-12-14-25(39-2)15-13-24/h5-6,8-15,18,21H,3-4,7,16-17,19-20H2,1-2H3. The summed E-state index contributed by atoms with van der Waals surface area (Å²) in [6, 6.07) is 18.3. The van der Waals surface area contributed by atoms with Gasteiger partial charge in [0.25, 0.3) is 5.91 Å². The molecular weight excluding hydrogens is 562 g/mol. The van der Waals surface area contributed by atoms with Crippen LogP contribution in [0.15, 0.2) is 76.5 Å². The maximum absolute atomic E-state index is 12.9. The van der Waals surface area contributed by atoms with E-state index in [0.717, 1.165) is 35.2 Å². The average molecular weight is 594 g/mol. The van der Waals surface area contributed by atoms with Gasteiger partial charge in [0.05, 0.1) is 19.1 Å². The second kappa shape index (κ2) is 13.3. The molecule has 2 aromatic heterocycles. The van der Waals surface area contributed by atoms with Crippen LogP contribution in [0.1, 0.15) is 36.5 Å². The van der Waals surface area contributed by atoms with E-state index in [0.29, 0.717) is 48.2 Å². The molecule has 1 atom stereocenters. The highest BCUT2D eigenvalue weighted by molar-refractivity contribution is 7.99. The van der Waals surface area contributed by atoms with Crippen molar-refractivity contribution in [2.45, 2.75) is 37.4 Å². The van der Waals surface area contributed by atoms with Crippen molar-refractivity contribution >= 4 is 35.2 Å². The van der Waals surface area contributed by atoms with Crippen molar-refractivity contribution in [1.82, 2.24) is 24.6 Å². The van der Waals surface area contributed by atoms with Crippen molar-refractivity contribution in [2.75, 3.05) is 32.5 Å². The number of carbonyl (C=O) groups is 2. The van der Waals surface area contributed by atoms with Gasteiger partial charge in [-0.1, -0.05) is 23.4 Å². The van der Waals surface area contributed by atoms with Gasteiger partial charge in [-0.25, -0.2) is 0 Å². The Bertz CT molecular complexity index is 1460. The third-order valence-corrected chi connectivity index (χ3v) is 8.32. The van der Waals surface area contributed by atoms with E-state index in [-0.39, 0.29) is 17.9 Å². The van der Waals surface area contributed by atoms with Crippen LogP contribution in [0.2, 0.25) is 5.02 Å². The van der Waals surface area contributed by atoms with Crippen LogP contribution < -0.4 is 4.74 Å². The normalized spacial score (nSPS) is 15.2. The first-order valence-electron chi connectivity index (χ1n) is 13.6. The fraction of sp³-hybridized carbons (Fsp3) is 0.333. The lowest BCUT2D eigenvalue weighted by atomic mass is 10.1. The Balaban J connectivity index is 1.12. The van der Waals surface area contributed by atoms with Crippen molar-refractivity contribution < 1.29 is 18.7 Å². The molecule has 3 heterocycles. The quantitative estimate of drug-likeness (QED) is 0.169. The van der Waals surface area contributed by atoms with E-state index in [4.69, 9.17) is 20.8 Å². The number of furan rings is 1. The van der Waals surface area contributed by atoms with Gasteiger partial charge in [0.1, 0.15) is 5.75 Å². The Morgan fingerprint density at radius 3 is 2.51 bits per heavy atom. The van der Waals surface area contributed by atoms with E-state index in [1.807, 2.05) is 57.7 Å². The first kappa shape index (κ1) is 28.8. The smallest absolute Gasteiger partial charge is 0.254 e. The van der Waals surface area contributed by atoms with E-state index in [1.54, 1.807) is 49.4 Å². The van der Waals surface area contributed by atoms with E-state index in [1.165, 1.54) is 0 Å². The van der Waals surface area contributed by atoms with Gasteiger partial charge >= 0.3 is 0 Å². The maximum atomic E-state index is 12.9. The highest BCUT2D eigenvalue weighted by Gasteiger charge is 2.30. The van der Waals surface area contributed by atoms with Crippen molar-refractivity contribution in [2.24, 2.45) is 0 Å². The van der Waals surface area contributed by atoms with Crippen LogP contribution in [-0.2, 0) is 4.79 Å². The summed E-state index contributed by atoms with van der Waals surface area (Å²) in [7, 11) is 1.64. The van der Waals surface area contributed by atoms with Crippen molar-refractivity contribution in [3.05, 3.63) is 77.5 Å². The molecule has 1 saturated heterocycles. The van der Waals surface area contributed by atoms with Crippen LogP contribution >= 0.6 is 23.4 Å². The molecule has 41 heavy (non-hydrogen) atoms. The maximum Gasteiger partial charge on any atom is 0.254 e. The summed E-state index contributed by atoms with van der Waals surface area (Å²) in [4.78, 5) is 29.6. The minimum absolute atomic E-state index is 0.0315. The SMILES string of the molecule is COc1ccc(-n2c(SCCCCC(=O)N3CCN(C(=O)c4ccc(Cl)cc4)C(C)C3)nnc2-c2ccco2)cc1. The first-order valence-corrected chi connectivity index (χ1v) is 14.9. The summed E-state index contributed by atoms with van der Waals surface area (Å²) >= 11 is 7.55. The molecular formula is C30H32ClN5O4S. The molecule has 1 fully saturated rings. The minimum Gasteiger partial charge on any atom is -0.497 e. The summed E-state index contributed by atoms with van der Waals surface area (Å²) in [5.74, 6) is 2.91. The molecule has 0 aliphatic carbocycles. The van der Waals surface area contributed by atoms with Crippen LogP contribution in [0.25, 0.3) is 17.3 Å². The second-order valence-electron chi connectivity index (χ2n) is 9.82. The molecule has 9 nitrogen and oxygen atoms in total. The average Bonchev–Trinajstić information content (AvgIpc) is 3.67. The summed E-state index contributed by atoms with van der Waals surface area (Å²) in [5.41, 5.74) is 1.51. The summed E-state index contributed by atoms with van der Waals surface area (Å²) in [6.07, 6.45) is 3.71. The van der Waals surface area contributed by atoms with Crippen LogP contribution in [0.3, 0.4) is 0 Å². The Kier molecular flexibility index (Phi) is 9.31. The highest BCUT2D eigenvalue weighted by Crippen LogP contribution is 2.29. The molecule has 0 bridgehead atoms. The number of hydrogen-bond donors (Lipinski definition) is 0. The molecule has 11 heteroatoms. The van der Waals surface area contributed by atoms with Gasteiger partial charge in [-0.05, 0) is 80.4 Å².